The molecule has 1 atom stereocenters. The first-order valence-corrected chi connectivity index (χ1v) is 7.80. The van der Waals surface area contributed by atoms with E-state index in [1.54, 1.807) is 28.2 Å². The van der Waals surface area contributed by atoms with Crippen LogP contribution in [0.25, 0.3) is 0 Å². The van der Waals surface area contributed by atoms with Gasteiger partial charge in [0.25, 0.3) is 11.5 Å². The van der Waals surface area contributed by atoms with Gasteiger partial charge in [-0.15, -0.1) is 11.3 Å². The molecule has 0 aromatic carbocycles. The molecule has 0 bridgehead atoms. The Kier molecular flexibility index (Phi) is 4.90. The Balaban J connectivity index is 1.98. The molecule has 1 N–H and O–H groups in total. The standard InChI is InChI=1S/C15H19N3O2S/c1-4-18-6-5-12(7-13(18)19)14(20)16-8-10(2)15-17-11(3)9-21-15/h5-7,9-10H,4,8H2,1-3H3,(H,16,20). The summed E-state index contributed by atoms with van der Waals surface area (Å²) in [5, 5.41) is 5.86. The van der Waals surface area contributed by atoms with E-state index in [0.717, 1.165) is 10.7 Å². The van der Waals surface area contributed by atoms with Gasteiger partial charge < -0.3 is 9.88 Å². The maximum Gasteiger partial charge on any atom is 0.251 e. The monoisotopic (exact) mass is 305 g/mol. The van der Waals surface area contributed by atoms with Crippen molar-refractivity contribution in [3.05, 3.63) is 50.3 Å². The first kappa shape index (κ1) is 15.4. The number of thiazole rings is 1. The molecule has 5 nitrogen and oxygen atoms in total. The van der Waals surface area contributed by atoms with E-state index < -0.39 is 0 Å². The van der Waals surface area contributed by atoms with Crippen molar-refractivity contribution in [2.24, 2.45) is 0 Å². The Bertz CT molecular complexity index is 690. The SMILES string of the molecule is CCn1ccc(C(=O)NCC(C)c2nc(C)cs2)cc1=O. The van der Waals surface area contributed by atoms with Crippen molar-refractivity contribution in [2.45, 2.75) is 33.2 Å². The minimum absolute atomic E-state index is 0.156. The largest absolute Gasteiger partial charge is 0.351 e. The first-order valence-electron chi connectivity index (χ1n) is 6.92. The van der Waals surface area contributed by atoms with E-state index >= 15 is 0 Å². The van der Waals surface area contributed by atoms with Crippen molar-refractivity contribution in [1.82, 2.24) is 14.9 Å². The molecule has 21 heavy (non-hydrogen) atoms. The second-order valence-corrected chi connectivity index (χ2v) is 5.87. The van der Waals surface area contributed by atoms with E-state index in [-0.39, 0.29) is 17.4 Å². The normalized spacial score (nSPS) is 12.1. The van der Waals surface area contributed by atoms with Gasteiger partial charge in [-0.3, -0.25) is 9.59 Å². The number of carbonyl (C=O) groups is 1. The summed E-state index contributed by atoms with van der Waals surface area (Å²) in [5.41, 5.74) is 1.23. The molecule has 0 aliphatic carbocycles. The first-order chi connectivity index (χ1) is 10.0. The number of rotatable bonds is 5. The lowest BCUT2D eigenvalue weighted by Gasteiger charge is -2.10. The van der Waals surface area contributed by atoms with Crippen LogP contribution in [0.1, 0.15) is 40.8 Å². The molecule has 0 aliphatic heterocycles. The quantitative estimate of drug-likeness (QED) is 0.920. The van der Waals surface area contributed by atoms with Crippen LogP contribution < -0.4 is 10.9 Å². The fourth-order valence-corrected chi connectivity index (χ4v) is 2.80. The van der Waals surface area contributed by atoms with Crippen molar-refractivity contribution in [3.63, 3.8) is 0 Å². The summed E-state index contributed by atoms with van der Waals surface area (Å²) in [7, 11) is 0. The highest BCUT2D eigenvalue weighted by atomic mass is 32.1. The molecule has 6 heteroatoms. The predicted octanol–water partition coefficient (Wildman–Crippen LogP) is 2.17. The Morgan fingerprint density at radius 3 is 2.86 bits per heavy atom. The number of aromatic nitrogens is 2. The minimum atomic E-state index is -0.226. The molecular weight excluding hydrogens is 286 g/mol. The van der Waals surface area contributed by atoms with E-state index in [4.69, 9.17) is 0 Å². The molecule has 0 saturated carbocycles. The zero-order valence-electron chi connectivity index (χ0n) is 12.4. The van der Waals surface area contributed by atoms with E-state index in [1.165, 1.54) is 6.07 Å². The van der Waals surface area contributed by atoms with Gasteiger partial charge in [0.2, 0.25) is 0 Å². The number of amides is 1. The molecule has 112 valence electrons. The Labute approximate surface area is 127 Å². The van der Waals surface area contributed by atoms with Gasteiger partial charge >= 0.3 is 0 Å². The molecule has 0 radical (unpaired) electrons. The van der Waals surface area contributed by atoms with E-state index in [9.17, 15) is 9.59 Å². The van der Waals surface area contributed by atoms with Crippen molar-refractivity contribution in [3.8, 4) is 0 Å². The lowest BCUT2D eigenvalue weighted by Crippen LogP contribution is -2.29. The minimum Gasteiger partial charge on any atom is -0.351 e. The fraction of sp³-hybridized carbons (Fsp3) is 0.400. The zero-order chi connectivity index (χ0) is 15.4. The van der Waals surface area contributed by atoms with Gasteiger partial charge in [0.1, 0.15) is 0 Å². The number of carbonyl (C=O) groups excluding carboxylic acids is 1. The van der Waals surface area contributed by atoms with Gasteiger partial charge in [0, 0.05) is 47.9 Å². The molecule has 0 saturated heterocycles. The van der Waals surface area contributed by atoms with Crippen LogP contribution in [0.3, 0.4) is 0 Å². The van der Waals surface area contributed by atoms with Gasteiger partial charge in [-0.1, -0.05) is 6.92 Å². The summed E-state index contributed by atoms with van der Waals surface area (Å²) in [6.07, 6.45) is 1.64. The van der Waals surface area contributed by atoms with Crippen molar-refractivity contribution in [2.75, 3.05) is 6.54 Å². The van der Waals surface area contributed by atoms with Crippen LogP contribution in [0.15, 0.2) is 28.5 Å². The third-order valence-electron chi connectivity index (χ3n) is 3.23. The van der Waals surface area contributed by atoms with Gasteiger partial charge in [0.05, 0.1) is 5.01 Å². The van der Waals surface area contributed by atoms with E-state index in [0.29, 0.717) is 18.7 Å². The number of hydrogen-bond donors (Lipinski definition) is 1. The predicted molar refractivity (Wildman–Crippen MR) is 84.0 cm³/mol. The van der Waals surface area contributed by atoms with Gasteiger partial charge in [-0.2, -0.15) is 0 Å². The average molecular weight is 305 g/mol. The molecule has 0 fully saturated rings. The summed E-state index contributed by atoms with van der Waals surface area (Å²) in [5.74, 6) is -0.0702. The fourth-order valence-electron chi connectivity index (χ4n) is 1.94. The highest BCUT2D eigenvalue weighted by Crippen LogP contribution is 2.18. The van der Waals surface area contributed by atoms with Crippen molar-refractivity contribution in [1.29, 1.82) is 0 Å². The number of nitrogens with one attached hydrogen (secondary N) is 1. The summed E-state index contributed by atoms with van der Waals surface area (Å²) >= 11 is 1.60. The topological polar surface area (TPSA) is 64.0 Å². The van der Waals surface area contributed by atoms with Crippen LogP contribution >= 0.6 is 11.3 Å². The average Bonchev–Trinajstić information content (AvgIpc) is 2.91. The summed E-state index contributed by atoms with van der Waals surface area (Å²) in [6.45, 7) is 6.96. The zero-order valence-corrected chi connectivity index (χ0v) is 13.2. The van der Waals surface area contributed by atoms with Crippen molar-refractivity contribution < 1.29 is 4.79 Å². The molecule has 1 amide bonds. The molecule has 2 aromatic heterocycles. The highest BCUT2D eigenvalue weighted by molar-refractivity contribution is 7.09. The number of nitrogens with zero attached hydrogens (tertiary/aromatic N) is 2. The Morgan fingerprint density at radius 2 is 2.29 bits per heavy atom. The van der Waals surface area contributed by atoms with Gasteiger partial charge in [0.15, 0.2) is 0 Å². The molecule has 0 spiro atoms. The summed E-state index contributed by atoms with van der Waals surface area (Å²) < 4.78 is 1.55. The molecular formula is C15H19N3O2S. The number of aryl methyl sites for hydroxylation is 2. The lowest BCUT2D eigenvalue weighted by atomic mass is 10.2. The maximum absolute atomic E-state index is 12.1. The molecule has 1 unspecified atom stereocenters. The lowest BCUT2D eigenvalue weighted by molar-refractivity contribution is 0.0951. The van der Waals surface area contributed by atoms with E-state index in [2.05, 4.69) is 10.3 Å². The molecule has 2 aromatic rings. The van der Waals surface area contributed by atoms with Crippen molar-refractivity contribution >= 4 is 17.2 Å². The second kappa shape index (κ2) is 6.67. The number of pyridine rings is 1. The van der Waals surface area contributed by atoms with Gasteiger partial charge in [-0.05, 0) is 19.9 Å². The molecule has 2 heterocycles. The van der Waals surface area contributed by atoms with E-state index in [1.807, 2.05) is 26.2 Å². The number of hydrogen-bond acceptors (Lipinski definition) is 4. The van der Waals surface area contributed by atoms with Crippen LogP contribution in [-0.4, -0.2) is 22.0 Å². The van der Waals surface area contributed by atoms with Crippen LogP contribution in [0.4, 0.5) is 0 Å². The highest BCUT2D eigenvalue weighted by Gasteiger charge is 2.12. The summed E-state index contributed by atoms with van der Waals surface area (Å²) in [6, 6.07) is 3.04. The second-order valence-electron chi connectivity index (χ2n) is 4.98. The molecule has 0 aliphatic rings. The summed E-state index contributed by atoms with van der Waals surface area (Å²) in [4.78, 5) is 28.2. The van der Waals surface area contributed by atoms with Crippen LogP contribution in [0.5, 0.6) is 0 Å². The Hall–Kier alpha value is -1.95. The van der Waals surface area contributed by atoms with Crippen LogP contribution in [-0.2, 0) is 6.54 Å². The smallest absolute Gasteiger partial charge is 0.251 e. The van der Waals surface area contributed by atoms with Crippen LogP contribution in [0, 0.1) is 6.92 Å². The third-order valence-corrected chi connectivity index (χ3v) is 4.42. The van der Waals surface area contributed by atoms with Gasteiger partial charge in [-0.25, -0.2) is 4.98 Å². The maximum atomic E-state index is 12.1. The Morgan fingerprint density at radius 1 is 1.52 bits per heavy atom. The van der Waals surface area contributed by atoms with Crippen LogP contribution in [0.2, 0.25) is 0 Å². The third kappa shape index (κ3) is 3.78. The molecule has 2 rings (SSSR count).